The molecule has 2 aromatic heterocycles. The number of methoxy groups -OCH3 is 3. The molecule has 10 nitrogen and oxygen atoms in total. The molecule has 12 rings (SSSR count). The summed E-state index contributed by atoms with van der Waals surface area (Å²) >= 11 is 0. The molecule has 2 aliphatic carbocycles. The topological polar surface area (TPSA) is 120 Å². The van der Waals surface area contributed by atoms with Crippen molar-refractivity contribution >= 4 is 33.7 Å². The predicted octanol–water partition coefficient (Wildman–Crippen LogP) is 6.21. The fourth-order valence-corrected chi connectivity index (χ4v) is 13.4. The number of esters is 2. The lowest BCUT2D eigenvalue weighted by Crippen LogP contribution is -2.67. The van der Waals surface area contributed by atoms with Crippen LogP contribution in [0.15, 0.2) is 24.3 Å². The first-order valence-electron chi connectivity index (χ1n) is 20.0. The molecule has 0 radical (unpaired) electrons. The van der Waals surface area contributed by atoms with E-state index in [0.29, 0.717) is 35.0 Å². The van der Waals surface area contributed by atoms with Crippen molar-refractivity contribution in [3.8, 4) is 22.6 Å². The zero-order valence-corrected chi connectivity index (χ0v) is 31.6. The van der Waals surface area contributed by atoms with Crippen LogP contribution in [0.4, 0.5) is 0 Å². The number of phenols is 1. The molecule has 3 N–H and O–H groups in total. The number of aromatic nitrogens is 2. The van der Waals surface area contributed by atoms with Gasteiger partial charge in [-0.05, 0) is 97.6 Å². The standard InChI is InChI=1S/C43H52N4O6/c1-6-24-16-22-18-42(40(49)52-4)36-28(12-14-46(20-22)38(24)42)26-8-10-30(48)32(34(26)44-36)33-31(51-3)11-9-27-29-13-15-47-21-23-17-25(7-2)39(47)43(19-23,41(50)53-5)37(29)45-35(27)33/h8-11,22-25,38-39,44-45,48H,6-7,12-21H2,1-5H3/t22-,23-,24+,25+,38+,39+,42-,43-/m1/s1. The Morgan fingerprint density at radius 1 is 0.755 bits per heavy atom. The van der Waals surface area contributed by atoms with Crippen LogP contribution in [0.2, 0.25) is 0 Å². The molecule has 10 heteroatoms. The molecule has 6 aliphatic heterocycles. The Hall–Kier alpha value is -4.02. The number of carbonyl (C=O) groups is 2. The summed E-state index contributed by atoms with van der Waals surface area (Å²) in [5.41, 5.74) is 5.63. The van der Waals surface area contributed by atoms with E-state index in [1.165, 1.54) is 14.2 Å². The number of aromatic amines is 2. The molecular weight excluding hydrogens is 668 g/mol. The quantitative estimate of drug-likeness (QED) is 0.202. The number of nitrogens with zero attached hydrogens (tertiary/aromatic N) is 2. The van der Waals surface area contributed by atoms with Gasteiger partial charge in [0.2, 0.25) is 0 Å². The second-order valence-electron chi connectivity index (χ2n) is 17.2. The van der Waals surface area contributed by atoms with E-state index >= 15 is 0 Å². The van der Waals surface area contributed by atoms with Crippen LogP contribution in [0.25, 0.3) is 32.9 Å². The number of ether oxygens (including phenoxy) is 3. The van der Waals surface area contributed by atoms with E-state index in [9.17, 15) is 14.7 Å². The van der Waals surface area contributed by atoms with Crippen LogP contribution in [0, 0.1) is 23.7 Å². The Kier molecular flexibility index (Phi) is 7.43. The highest BCUT2D eigenvalue weighted by molar-refractivity contribution is 6.10. The Bertz CT molecular complexity index is 2190. The minimum atomic E-state index is -0.816. The third-order valence-corrected chi connectivity index (χ3v) is 15.1. The number of phenolic OH excluding ortho intramolecular Hbond substituents is 1. The molecule has 0 amide bonds. The molecule has 8 aliphatic rings. The van der Waals surface area contributed by atoms with Gasteiger partial charge >= 0.3 is 11.9 Å². The fraction of sp³-hybridized carbons (Fsp3) is 0.581. The highest BCUT2D eigenvalue weighted by Crippen LogP contribution is 2.59. The van der Waals surface area contributed by atoms with Crippen LogP contribution >= 0.6 is 0 Å². The smallest absolute Gasteiger partial charge is 0.319 e. The maximum absolute atomic E-state index is 14.3. The van der Waals surface area contributed by atoms with E-state index < -0.39 is 10.8 Å². The summed E-state index contributed by atoms with van der Waals surface area (Å²) < 4.78 is 17.6. The maximum Gasteiger partial charge on any atom is 0.319 e. The van der Waals surface area contributed by atoms with E-state index in [-0.39, 0.29) is 29.8 Å². The predicted molar refractivity (Wildman–Crippen MR) is 202 cm³/mol. The van der Waals surface area contributed by atoms with Gasteiger partial charge in [-0.15, -0.1) is 0 Å². The van der Waals surface area contributed by atoms with Crippen LogP contribution in [-0.2, 0) is 42.7 Å². The van der Waals surface area contributed by atoms with Gasteiger partial charge in [-0.2, -0.15) is 0 Å². The van der Waals surface area contributed by atoms with Crippen LogP contribution in [0.5, 0.6) is 11.5 Å². The van der Waals surface area contributed by atoms with Crippen molar-refractivity contribution in [1.82, 2.24) is 19.8 Å². The molecule has 4 aromatic rings. The van der Waals surface area contributed by atoms with Gasteiger partial charge in [-0.3, -0.25) is 19.4 Å². The van der Waals surface area contributed by atoms with Crippen molar-refractivity contribution in [2.24, 2.45) is 23.7 Å². The summed E-state index contributed by atoms with van der Waals surface area (Å²) in [6.45, 7) is 8.32. The van der Waals surface area contributed by atoms with E-state index in [0.717, 1.165) is 127 Å². The zero-order valence-electron chi connectivity index (χ0n) is 31.6. The number of H-pyrrole nitrogens is 2. The van der Waals surface area contributed by atoms with Gasteiger partial charge in [-0.25, -0.2) is 0 Å². The maximum atomic E-state index is 14.3. The minimum Gasteiger partial charge on any atom is -0.507 e. The number of benzene rings is 2. The van der Waals surface area contributed by atoms with Gasteiger partial charge in [0.25, 0.3) is 0 Å². The van der Waals surface area contributed by atoms with Crippen LogP contribution in [0.1, 0.15) is 74.9 Å². The normalized spacial score (nSPS) is 35.0. The van der Waals surface area contributed by atoms with E-state index in [1.807, 2.05) is 12.1 Å². The number of rotatable bonds is 6. The van der Waals surface area contributed by atoms with Gasteiger partial charge < -0.3 is 29.3 Å². The molecule has 8 heterocycles. The first kappa shape index (κ1) is 33.5. The molecule has 280 valence electrons. The molecule has 2 aromatic carbocycles. The molecule has 2 unspecified atom stereocenters. The zero-order chi connectivity index (χ0) is 36.6. The Morgan fingerprint density at radius 3 is 1.72 bits per heavy atom. The summed E-state index contributed by atoms with van der Waals surface area (Å²) in [6.07, 6.45) is 7.45. The lowest BCUT2D eigenvalue weighted by molar-refractivity contribution is -0.163. The number of hydrogen-bond acceptors (Lipinski definition) is 8. The third-order valence-electron chi connectivity index (χ3n) is 15.1. The van der Waals surface area contributed by atoms with Crippen LogP contribution < -0.4 is 4.74 Å². The van der Waals surface area contributed by atoms with Crippen molar-refractivity contribution in [1.29, 1.82) is 0 Å². The number of aromatic hydroxyl groups is 1. The lowest BCUT2D eigenvalue weighted by atomic mass is 9.56. The summed E-state index contributed by atoms with van der Waals surface area (Å²) in [5.74, 6) is 2.07. The van der Waals surface area contributed by atoms with Crippen molar-refractivity contribution in [3.05, 3.63) is 46.8 Å². The fourth-order valence-electron chi connectivity index (χ4n) is 13.4. The summed E-state index contributed by atoms with van der Waals surface area (Å²) in [5, 5.41) is 14.0. The van der Waals surface area contributed by atoms with Gasteiger partial charge in [-0.1, -0.05) is 26.7 Å². The number of piperidine rings is 4. The highest BCUT2D eigenvalue weighted by Gasteiger charge is 2.64. The first-order chi connectivity index (χ1) is 25.7. The monoisotopic (exact) mass is 720 g/mol. The van der Waals surface area contributed by atoms with Gasteiger partial charge in [0.05, 0.1) is 43.5 Å². The number of hydrogen-bond donors (Lipinski definition) is 3. The number of fused-ring (bicyclic) bond motifs is 8. The molecule has 53 heavy (non-hydrogen) atoms. The Balaban J connectivity index is 1.24. The van der Waals surface area contributed by atoms with Crippen LogP contribution in [-0.4, -0.2) is 96.4 Å². The van der Waals surface area contributed by atoms with Crippen LogP contribution in [0.3, 0.4) is 0 Å². The average molecular weight is 721 g/mol. The van der Waals surface area contributed by atoms with Crippen molar-refractivity contribution < 1.29 is 28.9 Å². The van der Waals surface area contributed by atoms with Gasteiger partial charge in [0.15, 0.2) is 0 Å². The average Bonchev–Trinajstić information content (AvgIpc) is 3.71. The summed E-state index contributed by atoms with van der Waals surface area (Å²) in [6, 6.07) is 8.04. The Labute approximate surface area is 310 Å². The minimum absolute atomic E-state index is 0.0557. The highest BCUT2D eigenvalue weighted by atomic mass is 16.5. The molecule has 0 spiro atoms. The number of nitrogens with one attached hydrogen (secondary N) is 2. The number of carbonyl (C=O) groups excluding carboxylic acids is 2. The van der Waals surface area contributed by atoms with Gasteiger partial charge in [0.1, 0.15) is 22.3 Å². The third kappa shape index (κ3) is 4.17. The second kappa shape index (κ2) is 11.7. The molecule has 8 bridgehead atoms. The van der Waals surface area contributed by atoms with Crippen molar-refractivity contribution in [2.75, 3.05) is 47.5 Å². The molecule has 6 fully saturated rings. The summed E-state index contributed by atoms with van der Waals surface area (Å²) in [7, 11) is 4.72. The van der Waals surface area contributed by atoms with Crippen molar-refractivity contribution in [2.45, 2.75) is 88.1 Å². The SMILES string of the molecule is CC[C@H]1C[C@H]2CN3CCc4c([nH]c5c(-c6c(OC)ccc7c8c([nH]c67)[C@]6(C(=O)OC)C[C@H]7C[C@H](CC)[C@@H]6N(CC8)C7)c(O)ccc45)[C@](C(=O)OC)(C2)[C@H]13. The second-order valence-corrected chi connectivity index (χ2v) is 17.2. The lowest BCUT2D eigenvalue weighted by Gasteiger charge is -2.57. The first-order valence-corrected chi connectivity index (χ1v) is 20.0. The van der Waals surface area contributed by atoms with E-state index in [1.54, 1.807) is 13.2 Å². The summed E-state index contributed by atoms with van der Waals surface area (Å²) in [4.78, 5) is 41.5. The van der Waals surface area contributed by atoms with E-state index in [2.05, 4.69) is 39.7 Å². The molecular formula is C43H52N4O6. The largest absolute Gasteiger partial charge is 0.507 e. The van der Waals surface area contributed by atoms with Crippen molar-refractivity contribution in [3.63, 3.8) is 0 Å². The van der Waals surface area contributed by atoms with E-state index in [4.69, 9.17) is 14.2 Å². The molecule has 2 saturated carbocycles. The Morgan fingerprint density at radius 2 is 1.25 bits per heavy atom. The van der Waals surface area contributed by atoms with Gasteiger partial charge in [0, 0.05) is 60.4 Å². The molecule has 4 saturated heterocycles. The molecule has 10 atom stereocenters.